The van der Waals surface area contributed by atoms with Gasteiger partial charge in [-0.2, -0.15) is 0 Å². The van der Waals surface area contributed by atoms with Gasteiger partial charge in [0.05, 0.1) is 6.61 Å². The van der Waals surface area contributed by atoms with Crippen LogP contribution in [0.15, 0.2) is 39.5 Å². The number of ether oxygens (including phenoxy) is 1. The summed E-state index contributed by atoms with van der Waals surface area (Å²) in [6, 6.07) is 7.94. The molecule has 3 unspecified atom stereocenters. The van der Waals surface area contributed by atoms with Gasteiger partial charge in [0.1, 0.15) is 21.1 Å². The number of hydrogen-bond acceptors (Lipinski definition) is 5. The Bertz CT molecular complexity index is 988. The fraction of sp³-hybridized carbons (Fsp3) is 0.368. The second-order valence-electron chi connectivity index (χ2n) is 7.37. The van der Waals surface area contributed by atoms with Crippen LogP contribution in [-0.4, -0.2) is 50.7 Å². The maximum Gasteiger partial charge on any atom is 0.408 e. The van der Waals surface area contributed by atoms with Crippen molar-refractivity contribution in [2.75, 3.05) is 11.9 Å². The van der Waals surface area contributed by atoms with Gasteiger partial charge in [-0.25, -0.2) is 14.8 Å². The van der Waals surface area contributed by atoms with Crippen molar-refractivity contribution >= 4 is 49.7 Å². The summed E-state index contributed by atoms with van der Waals surface area (Å²) >= 11 is 6.58. The van der Waals surface area contributed by atoms with Crippen LogP contribution in [0.4, 0.5) is 10.6 Å². The molecule has 0 spiro atoms. The lowest BCUT2D eigenvalue weighted by atomic mass is 10.00. The summed E-state index contributed by atoms with van der Waals surface area (Å²) < 4.78 is 7.07. The summed E-state index contributed by atoms with van der Waals surface area (Å²) in [7, 11) is 0. The fourth-order valence-corrected chi connectivity index (χ4v) is 4.50. The Morgan fingerprint density at radius 3 is 2.72 bits per heavy atom. The Morgan fingerprint density at radius 1 is 1.24 bits per heavy atom. The molecule has 0 radical (unpaired) electrons. The molecule has 1 saturated carbocycles. The van der Waals surface area contributed by atoms with E-state index < -0.39 is 12.1 Å². The summed E-state index contributed by atoms with van der Waals surface area (Å²) in [4.78, 5) is 34.5. The molecule has 2 aromatic heterocycles. The number of carbonyl (C=O) groups is 2. The molecular weight excluding hydrogens is 508 g/mol. The van der Waals surface area contributed by atoms with Crippen molar-refractivity contribution in [3.8, 4) is 5.88 Å². The van der Waals surface area contributed by atoms with Crippen LogP contribution < -0.4 is 10.1 Å². The number of aryl methyl sites for hydroxylation is 1. The smallest absolute Gasteiger partial charge is 0.408 e. The van der Waals surface area contributed by atoms with E-state index in [1.807, 2.05) is 19.1 Å². The molecule has 4 rings (SSSR count). The summed E-state index contributed by atoms with van der Waals surface area (Å²) in [6.45, 7) is 2.14. The normalized spacial score (nSPS) is 24.7. The molecule has 29 heavy (non-hydrogen) atoms. The molecule has 0 aromatic carbocycles. The van der Waals surface area contributed by atoms with Gasteiger partial charge in [0.15, 0.2) is 0 Å². The van der Waals surface area contributed by atoms with Crippen LogP contribution in [0.1, 0.15) is 18.4 Å². The predicted octanol–water partition coefficient (Wildman–Crippen LogP) is 3.84. The number of hydrogen-bond donors (Lipinski definition) is 2. The van der Waals surface area contributed by atoms with Crippen LogP contribution in [0.25, 0.3) is 0 Å². The zero-order valence-corrected chi connectivity index (χ0v) is 18.6. The summed E-state index contributed by atoms with van der Waals surface area (Å²) in [5.41, 5.74) is 0.426. The van der Waals surface area contributed by atoms with Gasteiger partial charge < -0.3 is 15.2 Å². The summed E-state index contributed by atoms with van der Waals surface area (Å²) in [6.07, 6.45) is -0.0312. The number of fused-ring (bicyclic) bond motifs is 1. The van der Waals surface area contributed by atoms with Crippen molar-refractivity contribution in [2.45, 2.75) is 31.8 Å². The third kappa shape index (κ3) is 3.95. The van der Waals surface area contributed by atoms with Gasteiger partial charge in [-0.1, -0.05) is 12.1 Å². The van der Waals surface area contributed by atoms with E-state index in [9.17, 15) is 14.7 Å². The molecular formula is C19H18Br2N4O4. The number of aromatic nitrogens is 2. The van der Waals surface area contributed by atoms with Crippen molar-refractivity contribution in [3.05, 3.63) is 45.1 Å². The first kappa shape index (κ1) is 20.1. The van der Waals surface area contributed by atoms with Crippen molar-refractivity contribution < 1.29 is 19.4 Å². The Labute approximate surface area is 183 Å². The highest BCUT2D eigenvalue weighted by Crippen LogP contribution is 2.59. The van der Waals surface area contributed by atoms with Gasteiger partial charge in [-0.15, -0.1) is 0 Å². The van der Waals surface area contributed by atoms with Crippen LogP contribution >= 0.6 is 31.9 Å². The maximum atomic E-state index is 12.9. The Hall–Kier alpha value is -2.20. The van der Waals surface area contributed by atoms with E-state index in [0.29, 0.717) is 40.4 Å². The largest absolute Gasteiger partial charge is 0.477 e. The number of anilines is 1. The minimum atomic E-state index is -1.10. The minimum absolute atomic E-state index is 0.237. The monoisotopic (exact) mass is 524 g/mol. The number of carbonyl (C=O) groups excluding carboxylic acids is 1. The van der Waals surface area contributed by atoms with Gasteiger partial charge in [-0.3, -0.25) is 9.69 Å². The van der Waals surface area contributed by atoms with E-state index in [2.05, 4.69) is 47.1 Å². The molecule has 2 N–H and O–H groups in total. The lowest BCUT2D eigenvalue weighted by molar-refractivity contribution is -0.120. The van der Waals surface area contributed by atoms with Crippen molar-refractivity contribution in [3.63, 3.8) is 0 Å². The first-order valence-electron chi connectivity index (χ1n) is 9.00. The molecule has 1 saturated heterocycles. The topological polar surface area (TPSA) is 105 Å². The van der Waals surface area contributed by atoms with Gasteiger partial charge >= 0.3 is 6.09 Å². The quantitative estimate of drug-likeness (QED) is 0.575. The lowest BCUT2D eigenvalue weighted by Gasteiger charge is -2.24. The molecule has 8 nitrogen and oxygen atoms in total. The van der Waals surface area contributed by atoms with Gasteiger partial charge in [-0.05, 0) is 69.3 Å². The Morgan fingerprint density at radius 2 is 2.00 bits per heavy atom. The van der Waals surface area contributed by atoms with Crippen LogP contribution in [0.2, 0.25) is 0 Å². The standard InChI is InChI=1S/C19H18Br2N4O4/c1-10-5-6-14(21)23-16(10)24-17(26)11-7-19(8-12(19)25(11)18(27)28)9-29-15-4-2-3-13(20)22-15/h2-6,11-12H,7-9H2,1H3,(H,27,28)(H,23,24,26). The number of pyridine rings is 2. The first-order valence-corrected chi connectivity index (χ1v) is 10.6. The summed E-state index contributed by atoms with van der Waals surface area (Å²) in [5.74, 6) is 0.496. The SMILES string of the molecule is Cc1ccc(Br)nc1NC(=O)C1CC2(COc3cccc(Br)n3)CC2N1C(=O)O. The van der Waals surface area contributed by atoms with E-state index in [-0.39, 0.29) is 17.4 Å². The zero-order valence-electron chi connectivity index (χ0n) is 15.4. The van der Waals surface area contributed by atoms with Gasteiger partial charge in [0.2, 0.25) is 11.8 Å². The fourth-order valence-electron chi connectivity index (χ4n) is 3.86. The van der Waals surface area contributed by atoms with E-state index in [1.54, 1.807) is 18.2 Å². The average molecular weight is 526 g/mol. The van der Waals surface area contributed by atoms with Crippen LogP contribution in [0.3, 0.4) is 0 Å². The molecule has 10 heteroatoms. The predicted molar refractivity (Wildman–Crippen MR) is 112 cm³/mol. The first-order chi connectivity index (χ1) is 13.8. The van der Waals surface area contributed by atoms with Gasteiger partial charge in [0, 0.05) is 17.5 Å². The molecule has 3 atom stereocenters. The van der Waals surface area contributed by atoms with Crippen molar-refractivity contribution in [2.24, 2.45) is 5.41 Å². The molecule has 2 aliphatic rings. The highest BCUT2D eigenvalue weighted by atomic mass is 79.9. The van der Waals surface area contributed by atoms with Crippen LogP contribution in [0, 0.1) is 12.3 Å². The second kappa shape index (κ2) is 7.56. The number of nitrogens with one attached hydrogen (secondary N) is 1. The van der Waals surface area contributed by atoms with E-state index in [1.165, 1.54) is 4.90 Å². The van der Waals surface area contributed by atoms with E-state index in [4.69, 9.17) is 4.74 Å². The van der Waals surface area contributed by atoms with Crippen molar-refractivity contribution in [1.82, 2.24) is 14.9 Å². The van der Waals surface area contributed by atoms with Crippen LogP contribution in [-0.2, 0) is 4.79 Å². The number of rotatable bonds is 5. The van der Waals surface area contributed by atoms with E-state index in [0.717, 1.165) is 5.56 Å². The van der Waals surface area contributed by atoms with Crippen molar-refractivity contribution in [1.29, 1.82) is 0 Å². The highest BCUT2D eigenvalue weighted by molar-refractivity contribution is 9.10. The van der Waals surface area contributed by atoms with Crippen LogP contribution in [0.5, 0.6) is 5.88 Å². The van der Waals surface area contributed by atoms with Gasteiger partial charge in [0.25, 0.3) is 0 Å². The number of piperidine rings is 1. The molecule has 0 bridgehead atoms. The molecule has 3 heterocycles. The molecule has 2 amide bonds. The number of amides is 2. The van der Waals surface area contributed by atoms with E-state index >= 15 is 0 Å². The number of halogens is 2. The average Bonchev–Trinajstić information content (AvgIpc) is 3.26. The maximum absolute atomic E-state index is 12.9. The third-order valence-corrected chi connectivity index (χ3v) is 6.33. The lowest BCUT2D eigenvalue weighted by Crippen LogP contribution is -2.45. The molecule has 2 fully saturated rings. The number of likely N-dealkylation sites (tertiary alicyclic amines) is 1. The molecule has 2 aromatic rings. The molecule has 152 valence electrons. The molecule has 1 aliphatic carbocycles. The number of carboxylic acid groups (broad SMARTS) is 1. The third-order valence-electron chi connectivity index (χ3n) is 5.44. The summed E-state index contributed by atoms with van der Waals surface area (Å²) in [5, 5.41) is 12.5. The second-order valence-corrected chi connectivity index (χ2v) is 8.99. The highest BCUT2D eigenvalue weighted by Gasteiger charge is 2.68. The minimum Gasteiger partial charge on any atom is -0.477 e. The molecule has 1 aliphatic heterocycles. The Kier molecular flexibility index (Phi) is 5.24. The zero-order chi connectivity index (χ0) is 20.8. The Balaban J connectivity index is 1.48. The number of nitrogens with zero attached hydrogens (tertiary/aromatic N) is 3.